The zero-order chi connectivity index (χ0) is 13.2. The maximum atomic E-state index is 12.6. The molecule has 1 aliphatic heterocycles. The summed E-state index contributed by atoms with van der Waals surface area (Å²) in [5.74, 6) is 0.0904. The zero-order valence-electron chi connectivity index (χ0n) is 9.24. The van der Waals surface area contributed by atoms with E-state index in [1.807, 2.05) is 0 Å². The minimum atomic E-state index is -4.50. The fourth-order valence-electron chi connectivity index (χ4n) is 1.68. The molecule has 0 spiro atoms. The third-order valence-electron chi connectivity index (χ3n) is 2.45. The molecule has 100 valence electrons. The molecule has 0 aromatic heterocycles. The number of hydrogen-bond acceptors (Lipinski definition) is 4. The molecule has 1 aliphatic rings. The molecule has 1 aromatic carbocycles. The molecule has 1 aromatic rings. The predicted molar refractivity (Wildman–Crippen MR) is 65.5 cm³/mol. The number of benzene rings is 1. The van der Waals surface area contributed by atoms with Crippen molar-refractivity contribution in [2.45, 2.75) is 16.9 Å². The van der Waals surface area contributed by atoms with E-state index < -0.39 is 27.2 Å². The quantitative estimate of drug-likeness (QED) is 0.810. The predicted octanol–water partition coefficient (Wildman–Crippen LogP) is 2.78. The van der Waals surface area contributed by atoms with Crippen LogP contribution in [0.25, 0.3) is 0 Å². The van der Waals surface area contributed by atoms with Crippen molar-refractivity contribution in [3.8, 4) is 0 Å². The topological polar surface area (TPSA) is 41.5 Å². The first kappa shape index (κ1) is 13.7. The summed E-state index contributed by atoms with van der Waals surface area (Å²) in [4.78, 5) is 0.409. The molecule has 0 fully saturated rings. The second-order valence-electron chi connectivity index (χ2n) is 3.74. The normalized spacial score (nSPS) is 24.2. The fourth-order valence-corrected chi connectivity index (χ4v) is 4.61. The Labute approximate surface area is 107 Å². The van der Waals surface area contributed by atoms with Crippen molar-refractivity contribution in [3.63, 3.8) is 0 Å². The van der Waals surface area contributed by atoms with Crippen LogP contribution in [0, 0.1) is 0 Å². The highest BCUT2D eigenvalue weighted by Gasteiger charge is 2.31. The van der Waals surface area contributed by atoms with E-state index in [0.29, 0.717) is 18.0 Å². The summed E-state index contributed by atoms with van der Waals surface area (Å²) in [5.41, 5.74) is -3.76. The summed E-state index contributed by atoms with van der Waals surface area (Å²) < 4.78 is 52.5. The fraction of sp³-hybridized carbons (Fsp3) is 0.400. The monoisotopic (exact) mass is 296 g/mol. The number of nitrogens with zero attached hydrogens (tertiary/aromatic N) is 1. The van der Waals surface area contributed by atoms with Crippen molar-refractivity contribution in [2.24, 2.45) is 3.77 Å². The van der Waals surface area contributed by atoms with Crippen LogP contribution in [-0.4, -0.2) is 22.0 Å². The van der Waals surface area contributed by atoms with Crippen LogP contribution in [0.1, 0.15) is 5.56 Å². The van der Waals surface area contributed by atoms with E-state index in [1.165, 1.54) is 0 Å². The lowest BCUT2D eigenvalue weighted by Crippen LogP contribution is -2.17. The Bertz CT molecular complexity index is 550. The number of hydrogen-bond donors (Lipinski definition) is 1. The zero-order valence-corrected chi connectivity index (χ0v) is 10.9. The van der Waals surface area contributed by atoms with Crippen LogP contribution in [0.4, 0.5) is 13.2 Å². The van der Waals surface area contributed by atoms with E-state index in [-0.39, 0.29) is 5.75 Å². The van der Waals surface area contributed by atoms with Crippen molar-refractivity contribution in [2.75, 3.05) is 12.3 Å². The minimum absolute atomic E-state index is 0.0904. The standard InChI is InChI=1S/C10H11F3N2OS2/c11-10(12,13)17-15-18(16)6-5-14-7-8-3-1-2-4-9(8)18/h1-4,14H,5-7H2. The smallest absolute Gasteiger partial charge is 0.312 e. The average molecular weight is 296 g/mol. The molecule has 0 radical (unpaired) electrons. The molecule has 18 heavy (non-hydrogen) atoms. The van der Waals surface area contributed by atoms with E-state index in [4.69, 9.17) is 0 Å². The van der Waals surface area contributed by atoms with Gasteiger partial charge in [-0.1, -0.05) is 18.2 Å². The van der Waals surface area contributed by atoms with Crippen LogP contribution in [0.3, 0.4) is 0 Å². The van der Waals surface area contributed by atoms with E-state index in [0.717, 1.165) is 5.56 Å². The van der Waals surface area contributed by atoms with Gasteiger partial charge in [-0.3, -0.25) is 0 Å². The first-order valence-corrected chi connectivity index (χ1v) is 7.64. The number of halogens is 3. The summed E-state index contributed by atoms with van der Waals surface area (Å²) in [6, 6.07) is 6.77. The lowest BCUT2D eigenvalue weighted by Gasteiger charge is -2.10. The van der Waals surface area contributed by atoms with E-state index >= 15 is 0 Å². The maximum Gasteiger partial charge on any atom is 0.464 e. The van der Waals surface area contributed by atoms with Crippen LogP contribution in [-0.2, 0) is 16.3 Å². The van der Waals surface area contributed by atoms with Crippen LogP contribution in [0.5, 0.6) is 0 Å². The van der Waals surface area contributed by atoms with Gasteiger partial charge in [0.05, 0.1) is 26.6 Å². The molecule has 1 heterocycles. The van der Waals surface area contributed by atoms with Crippen LogP contribution >= 0.6 is 11.9 Å². The molecule has 0 saturated heterocycles. The van der Waals surface area contributed by atoms with Gasteiger partial charge in [-0.05, 0) is 11.6 Å². The second-order valence-corrected chi connectivity index (χ2v) is 7.11. The lowest BCUT2D eigenvalue weighted by molar-refractivity contribution is -0.0327. The molecule has 1 atom stereocenters. The third kappa shape index (κ3) is 3.18. The summed E-state index contributed by atoms with van der Waals surface area (Å²) in [5, 5.41) is 3.03. The Balaban J connectivity index is 2.46. The number of nitrogens with one attached hydrogen (secondary N) is 1. The van der Waals surface area contributed by atoms with Gasteiger partial charge in [-0.15, -0.1) is 0 Å². The van der Waals surface area contributed by atoms with Crippen LogP contribution < -0.4 is 5.32 Å². The Hall–Kier alpha value is -0.730. The van der Waals surface area contributed by atoms with Crippen molar-refractivity contribution in [1.29, 1.82) is 0 Å². The Morgan fingerprint density at radius 3 is 2.78 bits per heavy atom. The second kappa shape index (κ2) is 5.10. The summed E-state index contributed by atoms with van der Waals surface area (Å²) in [7, 11) is -3.01. The van der Waals surface area contributed by atoms with Gasteiger partial charge in [-0.25, -0.2) is 4.21 Å². The Morgan fingerprint density at radius 2 is 2.06 bits per heavy atom. The average Bonchev–Trinajstić information content (AvgIpc) is 2.47. The first-order chi connectivity index (χ1) is 8.41. The maximum absolute atomic E-state index is 12.6. The van der Waals surface area contributed by atoms with Crippen molar-refractivity contribution in [1.82, 2.24) is 5.32 Å². The molecule has 0 bridgehead atoms. The van der Waals surface area contributed by atoms with Crippen LogP contribution in [0.2, 0.25) is 0 Å². The molecular formula is C10H11F3N2OS2. The van der Waals surface area contributed by atoms with Gasteiger partial charge in [0.25, 0.3) is 0 Å². The largest absolute Gasteiger partial charge is 0.464 e. The minimum Gasteiger partial charge on any atom is -0.312 e. The molecule has 8 heteroatoms. The highest BCUT2D eigenvalue weighted by Crippen LogP contribution is 2.34. The first-order valence-electron chi connectivity index (χ1n) is 5.18. The Kier molecular flexibility index (Phi) is 3.88. The van der Waals surface area contributed by atoms with Gasteiger partial charge in [-0.2, -0.15) is 16.9 Å². The van der Waals surface area contributed by atoms with Crippen molar-refractivity contribution < 1.29 is 17.4 Å². The summed E-state index contributed by atoms with van der Waals surface area (Å²) in [6.07, 6.45) is 0. The van der Waals surface area contributed by atoms with E-state index in [9.17, 15) is 17.4 Å². The molecular weight excluding hydrogens is 285 g/mol. The molecule has 0 saturated carbocycles. The number of fused-ring (bicyclic) bond motifs is 1. The van der Waals surface area contributed by atoms with Crippen LogP contribution in [0.15, 0.2) is 32.9 Å². The lowest BCUT2D eigenvalue weighted by atomic mass is 10.2. The van der Waals surface area contributed by atoms with Gasteiger partial charge in [0, 0.05) is 18.8 Å². The van der Waals surface area contributed by atoms with E-state index in [1.54, 1.807) is 24.3 Å². The van der Waals surface area contributed by atoms with Gasteiger partial charge in [0.2, 0.25) is 0 Å². The molecule has 2 rings (SSSR count). The van der Waals surface area contributed by atoms with E-state index in [2.05, 4.69) is 9.08 Å². The number of rotatable bonds is 1. The van der Waals surface area contributed by atoms with Crippen molar-refractivity contribution >= 4 is 21.7 Å². The number of alkyl halides is 3. The van der Waals surface area contributed by atoms with Gasteiger partial charge >= 0.3 is 5.51 Å². The highest BCUT2D eigenvalue weighted by molar-refractivity contribution is 8.07. The molecule has 0 amide bonds. The third-order valence-corrected chi connectivity index (χ3v) is 5.76. The van der Waals surface area contributed by atoms with Gasteiger partial charge < -0.3 is 5.32 Å². The van der Waals surface area contributed by atoms with Crippen molar-refractivity contribution in [3.05, 3.63) is 29.8 Å². The SMILES string of the molecule is O=S1(=NSC(F)(F)F)CCNCc2ccccc21. The summed E-state index contributed by atoms with van der Waals surface area (Å²) in [6.45, 7) is 0.884. The molecule has 3 nitrogen and oxygen atoms in total. The molecule has 0 aliphatic carbocycles. The van der Waals surface area contributed by atoms with Gasteiger partial charge in [0.15, 0.2) is 0 Å². The molecule has 1 N–H and O–H groups in total. The highest BCUT2D eigenvalue weighted by atomic mass is 32.2. The summed E-state index contributed by atoms with van der Waals surface area (Å²) >= 11 is -0.566. The Morgan fingerprint density at radius 1 is 1.33 bits per heavy atom. The molecule has 1 unspecified atom stereocenters. The van der Waals surface area contributed by atoms with Gasteiger partial charge in [0.1, 0.15) is 0 Å².